The van der Waals surface area contributed by atoms with Crippen molar-refractivity contribution in [2.24, 2.45) is 0 Å². The molecular formula is C70H130NO8+. The number of hydrogen-bond acceptors (Lipinski definition) is 7. The number of carbonyl (C=O) groups excluding carboxylic acids is 2. The van der Waals surface area contributed by atoms with Crippen LogP contribution >= 0.6 is 0 Å². The minimum absolute atomic E-state index is 0.177. The van der Waals surface area contributed by atoms with Gasteiger partial charge in [0, 0.05) is 12.8 Å². The standard InChI is InChI=1S/C70H129NO8/c1-6-8-10-12-14-16-18-20-22-24-26-28-30-32-33-34-35-37-39-41-43-45-47-49-51-53-55-57-59-61-68(73)79-66(65-78-70(69(74)75)76-63-62-71(3,4)5)64-77-67(72)60-58-56-54-52-50-48-46-44-42-40-38-36-31-29-27-25-23-21-19-17-15-13-11-9-7-2/h8,10,14,16,20,22,26,28,66,70H,6-7,9,11-13,15,17-19,21,23-25,27,29-65H2,1-5H3/p+1/b10-8-,16-14-,22-20-,28-26-. The fourth-order valence-electron chi connectivity index (χ4n) is 9.95. The molecule has 0 aromatic heterocycles. The second kappa shape index (κ2) is 61.3. The summed E-state index contributed by atoms with van der Waals surface area (Å²) < 4.78 is 23.0. The molecule has 0 saturated carbocycles. The van der Waals surface area contributed by atoms with Gasteiger partial charge >= 0.3 is 17.9 Å². The summed E-state index contributed by atoms with van der Waals surface area (Å²) in [4.78, 5) is 37.6. The smallest absolute Gasteiger partial charge is 0.361 e. The van der Waals surface area contributed by atoms with Gasteiger partial charge in [-0.05, 0) is 51.4 Å². The van der Waals surface area contributed by atoms with Crippen LogP contribution in [0.4, 0.5) is 0 Å². The van der Waals surface area contributed by atoms with E-state index in [4.69, 9.17) is 18.9 Å². The zero-order valence-electron chi connectivity index (χ0n) is 52.8. The molecule has 462 valence electrons. The lowest BCUT2D eigenvalue weighted by Gasteiger charge is -2.25. The molecule has 0 aliphatic heterocycles. The summed E-state index contributed by atoms with van der Waals surface area (Å²) in [5.74, 6) is -1.98. The Labute approximate surface area is 489 Å². The van der Waals surface area contributed by atoms with E-state index in [9.17, 15) is 19.5 Å². The highest BCUT2D eigenvalue weighted by Crippen LogP contribution is 2.18. The predicted molar refractivity (Wildman–Crippen MR) is 337 cm³/mol. The van der Waals surface area contributed by atoms with Gasteiger partial charge in [0.15, 0.2) is 6.10 Å². The van der Waals surface area contributed by atoms with Crippen LogP contribution in [-0.2, 0) is 33.3 Å². The number of aliphatic carboxylic acids is 1. The molecular weight excluding hydrogens is 983 g/mol. The Morgan fingerprint density at radius 3 is 1.08 bits per heavy atom. The number of carboxylic acids is 1. The highest BCUT2D eigenvalue weighted by atomic mass is 16.7. The summed E-state index contributed by atoms with van der Waals surface area (Å²) in [5, 5.41) is 9.74. The van der Waals surface area contributed by atoms with Crippen molar-refractivity contribution in [3.63, 3.8) is 0 Å². The maximum atomic E-state index is 12.9. The molecule has 0 amide bonds. The van der Waals surface area contributed by atoms with Crippen LogP contribution in [0.5, 0.6) is 0 Å². The van der Waals surface area contributed by atoms with E-state index in [-0.39, 0.29) is 38.2 Å². The van der Waals surface area contributed by atoms with Crippen molar-refractivity contribution >= 4 is 17.9 Å². The Morgan fingerprint density at radius 1 is 0.392 bits per heavy atom. The molecule has 0 bridgehead atoms. The molecule has 79 heavy (non-hydrogen) atoms. The zero-order valence-corrected chi connectivity index (χ0v) is 52.8. The summed E-state index contributed by atoms with van der Waals surface area (Å²) in [6.45, 7) is 4.83. The number of hydrogen-bond donors (Lipinski definition) is 1. The Morgan fingerprint density at radius 2 is 0.722 bits per heavy atom. The molecule has 0 rings (SSSR count). The summed E-state index contributed by atoms with van der Waals surface area (Å²) in [6.07, 6.45) is 75.0. The van der Waals surface area contributed by atoms with Crippen LogP contribution in [-0.4, -0.2) is 87.4 Å². The number of carbonyl (C=O) groups is 3. The van der Waals surface area contributed by atoms with Gasteiger partial charge in [-0.25, -0.2) is 4.79 Å². The number of ether oxygens (including phenoxy) is 4. The molecule has 1 N–H and O–H groups in total. The van der Waals surface area contributed by atoms with Gasteiger partial charge in [0.2, 0.25) is 0 Å². The normalized spacial score (nSPS) is 13.0. The van der Waals surface area contributed by atoms with Gasteiger partial charge in [-0.1, -0.05) is 306 Å². The van der Waals surface area contributed by atoms with E-state index in [0.29, 0.717) is 17.4 Å². The highest BCUT2D eigenvalue weighted by Gasteiger charge is 2.25. The quantitative estimate of drug-likeness (QED) is 0.0211. The number of allylic oxidation sites excluding steroid dienone is 8. The number of quaternary nitrogens is 1. The molecule has 0 aromatic rings. The van der Waals surface area contributed by atoms with Crippen molar-refractivity contribution < 1.29 is 42.9 Å². The number of carboxylic acid groups (broad SMARTS) is 1. The van der Waals surface area contributed by atoms with Crippen molar-refractivity contribution in [3.8, 4) is 0 Å². The monoisotopic (exact) mass is 1110 g/mol. The van der Waals surface area contributed by atoms with Gasteiger partial charge in [0.1, 0.15) is 13.2 Å². The van der Waals surface area contributed by atoms with E-state index in [1.165, 1.54) is 231 Å². The molecule has 9 nitrogen and oxygen atoms in total. The van der Waals surface area contributed by atoms with E-state index < -0.39 is 18.4 Å². The fourth-order valence-corrected chi connectivity index (χ4v) is 9.95. The molecule has 0 aliphatic carbocycles. The first-order valence-electron chi connectivity index (χ1n) is 33.8. The van der Waals surface area contributed by atoms with Gasteiger partial charge in [0.05, 0.1) is 34.4 Å². The number of unbranched alkanes of at least 4 members (excludes halogenated alkanes) is 40. The third-order valence-corrected chi connectivity index (χ3v) is 15.1. The second-order valence-corrected chi connectivity index (χ2v) is 24.1. The molecule has 0 aromatic carbocycles. The lowest BCUT2D eigenvalue weighted by molar-refractivity contribution is -0.870. The van der Waals surface area contributed by atoms with Crippen molar-refractivity contribution in [2.75, 3.05) is 47.5 Å². The molecule has 0 fully saturated rings. The maximum Gasteiger partial charge on any atom is 0.361 e. The van der Waals surface area contributed by atoms with Gasteiger partial charge in [0.25, 0.3) is 6.29 Å². The summed E-state index contributed by atoms with van der Waals surface area (Å²) >= 11 is 0. The fraction of sp³-hybridized carbons (Fsp3) is 0.843. The average Bonchev–Trinajstić information content (AvgIpc) is 3.42. The van der Waals surface area contributed by atoms with E-state index in [1.54, 1.807) is 0 Å². The minimum Gasteiger partial charge on any atom is -0.477 e. The Hall–Kier alpha value is -2.75. The van der Waals surface area contributed by atoms with Crippen molar-refractivity contribution in [1.29, 1.82) is 0 Å². The number of nitrogens with zero attached hydrogens (tertiary/aromatic N) is 1. The van der Waals surface area contributed by atoms with Gasteiger partial charge in [-0.15, -0.1) is 0 Å². The first-order valence-corrected chi connectivity index (χ1v) is 33.8. The van der Waals surface area contributed by atoms with Crippen molar-refractivity contribution in [1.82, 2.24) is 0 Å². The topological polar surface area (TPSA) is 108 Å². The van der Waals surface area contributed by atoms with E-state index in [0.717, 1.165) is 64.2 Å². The van der Waals surface area contributed by atoms with Crippen LogP contribution in [0.3, 0.4) is 0 Å². The first kappa shape index (κ1) is 76.2. The van der Waals surface area contributed by atoms with Crippen LogP contribution in [0, 0.1) is 0 Å². The average molecular weight is 1110 g/mol. The predicted octanol–water partition coefficient (Wildman–Crippen LogP) is 20.6. The molecule has 9 heteroatoms. The van der Waals surface area contributed by atoms with Crippen LogP contribution < -0.4 is 0 Å². The zero-order chi connectivity index (χ0) is 57.6. The largest absolute Gasteiger partial charge is 0.477 e. The van der Waals surface area contributed by atoms with Crippen LogP contribution in [0.2, 0.25) is 0 Å². The highest BCUT2D eigenvalue weighted by molar-refractivity contribution is 5.71. The molecule has 0 spiro atoms. The Bertz CT molecular complexity index is 1430. The van der Waals surface area contributed by atoms with Gasteiger partial charge in [-0.2, -0.15) is 0 Å². The second-order valence-electron chi connectivity index (χ2n) is 24.1. The van der Waals surface area contributed by atoms with E-state index in [2.05, 4.69) is 62.5 Å². The summed E-state index contributed by atoms with van der Waals surface area (Å²) in [5.41, 5.74) is 0. The van der Waals surface area contributed by atoms with Crippen LogP contribution in [0.15, 0.2) is 48.6 Å². The molecule has 0 radical (unpaired) electrons. The summed E-state index contributed by atoms with van der Waals surface area (Å²) in [6, 6.07) is 0. The van der Waals surface area contributed by atoms with Crippen LogP contribution in [0.25, 0.3) is 0 Å². The van der Waals surface area contributed by atoms with Crippen molar-refractivity contribution in [2.45, 2.75) is 334 Å². The van der Waals surface area contributed by atoms with Crippen molar-refractivity contribution in [3.05, 3.63) is 48.6 Å². The lowest BCUT2D eigenvalue weighted by Crippen LogP contribution is -2.40. The first-order chi connectivity index (χ1) is 38.6. The maximum absolute atomic E-state index is 12.9. The molecule has 0 heterocycles. The van der Waals surface area contributed by atoms with Gasteiger partial charge < -0.3 is 28.5 Å². The minimum atomic E-state index is -1.51. The Kier molecular flexibility index (Phi) is 59.2. The number of likely N-dealkylation sites (N-methyl/N-ethyl adjacent to an activating group) is 1. The summed E-state index contributed by atoms with van der Waals surface area (Å²) in [7, 11) is 5.99. The van der Waals surface area contributed by atoms with Gasteiger partial charge in [-0.3, -0.25) is 9.59 Å². The van der Waals surface area contributed by atoms with Crippen LogP contribution in [0.1, 0.15) is 322 Å². The number of rotatable bonds is 63. The van der Waals surface area contributed by atoms with E-state index in [1.807, 2.05) is 21.1 Å². The van der Waals surface area contributed by atoms with E-state index >= 15 is 0 Å². The third kappa shape index (κ3) is 62.7. The molecule has 2 atom stereocenters. The number of esters is 2. The molecule has 0 aliphatic rings. The lowest BCUT2D eigenvalue weighted by atomic mass is 10.0. The molecule has 0 saturated heterocycles. The third-order valence-electron chi connectivity index (χ3n) is 15.1. The SMILES string of the molecule is CC/C=C\C/C=C\C/C=C\C/C=C\CCCCCCCCCCCCCCCCCCC(=O)OC(COC(=O)CCCCCCCCCCCCCCCCCCCCCCCCCCC)COC(OCC[N+](C)(C)C)C(=O)O. The molecule has 2 unspecified atom stereocenters. The Balaban J connectivity index is 4.10.